The van der Waals surface area contributed by atoms with Gasteiger partial charge in [-0.2, -0.15) is 0 Å². The zero-order valence-corrected chi connectivity index (χ0v) is 12.1. The van der Waals surface area contributed by atoms with Crippen LogP contribution in [0.15, 0.2) is 0 Å². The van der Waals surface area contributed by atoms with Crippen molar-refractivity contribution in [2.75, 3.05) is 39.9 Å². The molecule has 0 unspecified atom stereocenters. The van der Waals surface area contributed by atoms with E-state index >= 15 is 0 Å². The molecular formula is C15H28N2O2. The second-order valence-corrected chi connectivity index (χ2v) is 6.51. The summed E-state index contributed by atoms with van der Waals surface area (Å²) in [5, 5.41) is 3.52. The van der Waals surface area contributed by atoms with E-state index < -0.39 is 0 Å². The molecule has 3 atom stereocenters. The number of nitrogens with zero attached hydrogens (tertiary/aromatic N) is 1. The highest BCUT2D eigenvalue weighted by Crippen LogP contribution is 2.25. The minimum Gasteiger partial charge on any atom is -0.378 e. The van der Waals surface area contributed by atoms with E-state index in [0.29, 0.717) is 18.2 Å². The van der Waals surface area contributed by atoms with Crippen LogP contribution in [-0.2, 0) is 9.47 Å². The van der Waals surface area contributed by atoms with Gasteiger partial charge in [0.2, 0.25) is 0 Å². The highest BCUT2D eigenvalue weighted by Gasteiger charge is 2.34. The molecule has 0 bridgehead atoms. The first kappa shape index (κ1) is 13.8. The van der Waals surface area contributed by atoms with E-state index in [4.69, 9.17) is 9.47 Å². The van der Waals surface area contributed by atoms with Crippen LogP contribution >= 0.6 is 0 Å². The van der Waals surface area contributed by atoms with Gasteiger partial charge < -0.3 is 19.7 Å². The van der Waals surface area contributed by atoms with E-state index in [2.05, 4.69) is 17.3 Å². The van der Waals surface area contributed by atoms with E-state index in [-0.39, 0.29) is 0 Å². The molecule has 1 N–H and O–H groups in total. The Hall–Kier alpha value is -0.160. The first-order valence-corrected chi connectivity index (χ1v) is 7.96. The maximum atomic E-state index is 6.12. The lowest BCUT2D eigenvalue weighted by atomic mass is 9.98. The third kappa shape index (κ3) is 3.69. The maximum Gasteiger partial charge on any atom is 0.0813 e. The van der Waals surface area contributed by atoms with Gasteiger partial charge in [0.15, 0.2) is 0 Å². The fourth-order valence-corrected chi connectivity index (χ4v) is 3.59. The van der Waals surface area contributed by atoms with Gasteiger partial charge in [-0.3, -0.25) is 0 Å². The van der Waals surface area contributed by atoms with Gasteiger partial charge in [0.05, 0.1) is 18.8 Å². The van der Waals surface area contributed by atoms with Crippen molar-refractivity contribution < 1.29 is 9.47 Å². The maximum absolute atomic E-state index is 6.12. The fourth-order valence-electron chi connectivity index (χ4n) is 3.59. The topological polar surface area (TPSA) is 33.7 Å². The Morgan fingerprint density at radius 1 is 1.11 bits per heavy atom. The van der Waals surface area contributed by atoms with E-state index in [1.807, 2.05) is 0 Å². The van der Waals surface area contributed by atoms with Crippen molar-refractivity contribution in [3.63, 3.8) is 0 Å². The van der Waals surface area contributed by atoms with Gasteiger partial charge in [-0.25, -0.2) is 0 Å². The molecule has 19 heavy (non-hydrogen) atoms. The van der Waals surface area contributed by atoms with Crippen LogP contribution in [0.2, 0.25) is 0 Å². The molecule has 3 fully saturated rings. The highest BCUT2D eigenvalue weighted by atomic mass is 16.5. The van der Waals surface area contributed by atoms with Crippen LogP contribution in [0.5, 0.6) is 0 Å². The van der Waals surface area contributed by atoms with Crippen LogP contribution < -0.4 is 5.32 Å². The number of ether oxygens (including phenoxy) is 2. The minimum absolute atomic E-state index is 0.340. The van der Waals surface area contributed by atoms with Crippen molar-refractivity contribution in [1.82, 2.24) is 10.2 Å². The van der Waals surface area contributed by atoms with Crippen molar-refractivity contribution >= 4 is 0 Å². The Kier molecular flexibility index (Phi) is 4.74. The molecule has 0 amide bonds. The largest absolute Gasteiger partial charge is 0.378 e. The zero-order valence-electron chi connectivity index (χ0n) is 12.1. The number of piperidine rings is 1. The molecule has 0 saturated carbocycles. The third-order valence-electron chi connectivity index (χ3n) is 4.95. The molecule has 110 valence electrons. The smallest absolute Gasteiger partial charge is 0.0813 e. The molecule has 3 rings (SSSR count). The van der Waals surface area contributed by atoms with E-state index in [1.54, 1.807) is 0 Å². The SMILES string of the molecule is CN1CCC(COC[C@@H]2CC[C@H]3NCC[C@H]3O2)CC1. The van der Waals surface area contributed by atoms with Gasteiger partial charge in [-0.05, 0) is 64.7 Å². The summed E-state index contributed by atoms with van der Waals surface area (Å²) in [6.07, 6.45) is 6.95. The molecule has 3 heterocycles. The van der Waals surface area contributed by atoms with Crippen LogP contribution in [-0.4, -0.2) is 63.0 Å². The first-order valence-electron chi connectivity index (χ1n) is 7.96. The zero-order chi connectivity index (χ0) is 13.1. The van der Waals surface area contributed by atoms with Crippen molar-refractivity contribution in [3.8, 4) is 0 Å². The van der Waals surface area contributed by atoms with Crippen molar-refractivity contribution in [3.05, 3.63) is 0 Å². The van der Waals surface area contributed by atoms with Crippen molar-refractivity contribution in [1.29, 1.82) is 0 Å². The average molecular weight is 268 g/mol. The monoisotopic (exact) mass is 268 g/mol. The number of nitrogens with one attached hydrogen (secondary N) is 1. The molecule has 4 heteroatoms. The van der Waals surface area contributed by atoms with Crippen LogP contribution in [0.1, 0.15) is 32.1 Å². The number of hydrogen-bond acceptors (Lipinski definition) is 4. The molecule has 0 aromatic rings. The number of fused-ring (bicyclic) bond motifs is 1. The minimum atomic E-state index is 0.340. The van der Waals surface area contributed by atoms with Crippen LogP contribution in [0.4, 0.5) is 0 Å². The van der Waals surface area contributed by atoms with Gasteiger partial charge in [-0.1, -0.05) is 0 Å². The van der Waals surface area contributed by atoms with Gasteiger partial charge in [0.25, 0.3) is 0 Å². The lowest BCUT2D eigenvalue weighted by Crippen LogP contribution is -2.42. The normalized spacial score (nSPS) is 37.4. The molecule has 0 spiro atoms. The number of rotatable bonds is 4. The summed E-state index contributed by atoms with van der Waals surface area (Å²) in [4.78, 5) is 2.41. The molecule has 0 aromatic carbocycles. The van der Waals surface area contributed by atoms with Crippen LogP contribution in [0.25, 0.3) is 0 Å². The van der Waals surface area contributed by atoms with Gasteiger partial charge in [-0.15, -0.1) is 0 Å². The molecule has 3 aliphatic heterocycles. The average Bonchev–Trinajstić information content (AvgIpc) is 2.88. The second kappa shape index (κ2) is 6.53. The number of likely N-dealkylation sites (tertiary alicyclic amines) is 1. The highest BCUT2D eigenvalue weighted by molar-refractivity contribution is 4.89. The number of hydrogen-bond donors (Lipinski definition) is 1. The van der Waals surface area contributed by atoms with Crippen molar-refractivity contribution in [2.45, 2.75) is 50.4 Å². The summed E-state index contributed by atoms with van der Waals surface area (Å²) in [7, 11) is 2.21. The molecule has 3 saturated heterocycles. The quantitative estimate of drug-likeness (QED) is 0.832. The van der Waals surface area contributed by atoms with E-state index in [1.165, 1.54) is 38.8 Å². The third-order valence-corrected chi connectivity index (χ3v) is 4.95. The first-order chi connectivity index (χ1) is 9.31. The van der Waals surface area contributed by atoms with E-state index in [9.17, 15) is 0 Å². The Morgan fingerprint density at radius 3 is 2.79 bits per heavy atom. The summed E-state index contributed by atoms with van der Waals surface area (Å²) in [6.45, 7) is 5.31. The Morgan fingerprint density at radius 2 is 1.95 bits per heavy atom. The predicted molar refractivity (Wildman–Crippen MR) is 75.3 cm³/mol. The summed E-state index contributed by atoms with van der Waals surface area (Å²) in [5.74, 6) is 0.765. The molecule has 0 radical (unpaired) electrons. The Bertz CT molecular complexity index is 279. The van der Waals surface area contributed by atoms with Gasteiger partial charge in [0, 0.05) is 12.6 Å². The predicted octanol–water partition coefficient (Wildman–Crippen LogP) is 1.25. The molecule has 4 nitrogen and oxygen atoms in total. The van der Waals surface area contributed by atoms with Crippen molar-refractivity contribution in [2.24, 2.45) is 5.92 Å². The molecule has 0 aromatic heterocycles. The van der Waals surface area contributed by atoms with E-state index in [0.717, 1.165) is 32.1 Å². The molecule has 3 aliphatic rings. The fraction of sp³-hybridized carbons (Fsp3) is 1.00. The summed E-state index contributed by atoms with van der Waals surface area (Å²) in [5.41, 5.74) is 0. The standard InChI is InChI=1S/C15H28N2O2/c1-17-8-5-12(6-9-17)10-18-11-13-2-3-14-15(19-13)4-7-16-14/h12-16H,2-11H2,1H3/t13-,14+,15+/m0/s1. The van der Waals surface area contributed by atoms with Gasteiger partial charge in [0.1, 0.15) is 0 Å². The summed E-state index contributed by atoms with van der Waals surface area (Å²) < 4.78 is 12.1. The van der Waals surface area contributed by atoms with Crippen LogP contribution in [0.3, 0.4) is 0 Å². The summed E-state index contributed by atoms with van der Waals surface area (Å²) >= 11 is 0. The Labute approximate surface area is 116 Å². The molecular weight excluding hydrogens is 240 g/mol. The molecule has 0 aliphatic carbocycles. The lowest BCUT2D eigenvalue weighted by molar-refractivity contribution is -0.0930. The Balaban J connectivity index is 1.32. The summed E-state index contributed by atoms with van der Waals surface area (Å²) in [6, 6.07) is 0.616. The van der Waals surface area contributed by atoms with Gasteiger partial charge >= 0.3 is 0 Å². The lowest BCUT2D eigenvalue weighted by Gasteiger charge is -2.33. The second-order valence-electron chi connectivity index (χ2n) is 6.51. The van der Waals surface area contributed by atoms with Crippen LogP contribution in [0, 0.1) is 5.92 Å².